The normalized spacial score (nSPS) is 16.0. The Balaban J connectivity index is 1.47. The minimum absolute atomic E-state index is 0.804. The molecule has 1 N–H and O–H groups in total. The van der Waals surface area contributed by atoms with Crippen molar-refractivity contribution in [2.75, 3.05) is 32.4 Å². The van der Waals surface area contributed by atoms with Gasteiger partial charge in [-0.25, -0.2) is 0 Å². The zero-order valence-electron chi connectivity index (χ0n) is 13.9. The van der Waals surface area contributed by atoms with E-state index in [-0.39, 0.29) is 0 Å². The molecule has 3 rings (SSSR count). The second-order valence-corrected chi connectivity index (χ2v) is 7.34. The largest absolute Gasteiger partial charge is 0.328 e. The van der Waals surface area contributed by atoms with Crippen molar-refractivity contribution < 1.29 is 4.90 Å². The number of benzene rings is 2. The molecule has 3 nitrogen and oxygen atoms in total. The molecule has 1 fully saturated rings. The highest BCUT2D eigenvalue weighted by molar-refractivity contribution is 7.98. The van der Waals surface area contributed by atoms with Gasteiger partial charge in [0.05, 0.1) is 32.4 Å². The number of piperazine rings is 1. The number of hydrogen-bond acceptors (Lipinski definition) is 3. The minimum Gasteiger partial charge on any atom is -0.328 e. The van der Waals surface area contributed by atoms with Crippen molar-refractivity contribution in [2.24, 2.45) is 5.10 Å². The lowest BCUT2D eigenvalue weighted by molar-refractivity contribution is -0.918. The van der Waals surface area contributed by atoms with Gasteiger partial charge in [0.15, 0.2) is 0 Å². The van der Waals surface area contributed by atoms with Crippen LogP contribution in [0, 0.1) is 0 Å². The summed E-state index contributed by atoms with van der Waals surface area (Å²) in [6.45, 7) is 5.30. The Morgan fingerprint density at radius 1 is 1.08 bits per heavy atom. The number of quaternary nitrogens is 1. The van der Waals surface area contributed by atoms with Crippen LogP contribution in [0.5, 0.6) is 0 Å². The lowest BCUT2D eigenvalue weighted by Crippen LogP contribution is -3.13. The van der Waals surface area contributed by atoms with Gasteiger partial charge in [0.2, 0.25) is 0 Å². The number of nitrogens with zero attached hydrogens (tertiary/aromatic N) is 2. The molecule has 0 unspecified atom stereocenters. The molecule has 1 saturated heterocycles. The molecule has 0 amide bonds. The van der Waals surface area contributed by atoms with E-state index in [1.54, 1.807) is 16.7 Å². The molecule has 1 heterocycles. The van der Waals surface area contributed by atoms with Crippen LogP contribution in [0.3, 0.4) is 0 Å². The van der Waals surface area contributed by atoms with Gasteiger partial charge in [-0.05, 0) is 36.1 Å². The Bertz CT molecular complexity index is 662. The highest BCUT2D eigenvalue weighted by Crippen LogP contribution is 2.14. The molecule has 126 valence electrons. The first-order chi connectivity index (χ1) is 11.7. The van der Waals surface area contributed by atoms with Gasteiger partial charge in [0.25, 0.3) is 0 Å². The molecule has 0 bridgehead atoms. The molecule has 2 aromatic rings. The second-order valence-electron chi connectivity index (χ2n) is 6.02. The van der Waals surface area contributed by atoms with E-state index >= 15 is 0 Å². The van der Waals surface area contributed by atoms with Crippen LogP contribution < -0.4 is 4.90 Å². The first-order valence-electron chi connectivity index (χ1n) is 8.24. The number of halogens is 1. The molecule has 0 aromatic heterocycles. The molecule has 1 aliphatic heterocycles. The average Bonchev–Trinajstić information content (AvgIpc) is 2.63. The summed E-state index contributed by atoms with van der Waals surface area (Å²) >= 11 is 7.71. The monoisotopic (exact) mass is 360 g/mol. The molecule has 0 atom stereocenters. The topological polar surface area (TPSA) is 20.0 Å². The SMILES string of the molecule is CSc1ccc(/C=N\N2CC[NH+](Cc3ccc(Cl)cc3)CC2)cc1. The zero-order chi connectivity index (χ0) is 16.8. The van der Waals surface area contributed by atoms with E-state index in [0.29, 0.717) is 0 Å². The van der Waals surface area contributed by atoms with E-state index in [1.165, 1.54) is 10.5 Å². The Hall–Kier alpha value is -1.49. The molecule has 5 heteroatoms. The Morgan fingerprint density at radius 2 is 1.75 bits per heavy atom. The van der Waals surface area contributed by atoms with Crippen LogP contribution in [0.4, 0.5) is 0 Å². The quantitative estimate of drug-likeness (QED) is 0.653. The van der Waals surface area contributed by atoms with Crippen LogP contribution in [0.1, 0.15) is 11.1 Å². The molecule has 1 aliphatic rings. The van der Waals surface area contributed by atoms with Crippen LogP contribution in [-0.4, -0.2) is 43.7 Å². The number of nitrogens with one attached hydrogen (secondary N) is 1. The Morgan fingerprint density at radius 3 is 2.38 bits per heavy atom. The van der Waals surface area contributed by atoms with Gasteiger partial charge in [-0.2, -0.15) is 5.10 Å². The molecule has 0 aliphatic carbocycles. The van der Waals surface area contributed by atoms with Crippen molar-refractivity contribution in [1.82, 2.24) is 5.01 Å². The van der Waals surface area contributed by atoms with E-state index in [0.717, 1.165) is 43.3 Å². The van der Waals surface area contributed by atoms with Gasteiger partial charge in [0, 0.05) is 15.5 Å². The summed E-state index contributed by atoms with van der Waals surface area (Å²) in [5, 5.41) is 7.61. The Kier molecular flexibility index (Phi) is 6.18. The van der Waals surface area contributed by atoms with Gasteiger partial charge in [-0.15, -0.1) is 11.8 Å². The van der Waals surface area contributed by atoms with Gasteiger partial charge in [-0.1, -0.05) is 35.9 Å². The van der Waals surface area contributed by atoms with Crippen LogP contribution >= 0.6 is 23.4 Å². The third kappa shape index (κ3) is 5.00. The molecular weight excluding hydrogens is 338 g/mol. The summed E-state index contributed by atoms with van der Waals surface area (Å²) < 4.78 is 0. The average molecular weight is 361 g/mol. The van der Waals surface area contributed by atoms with E-state index in [2.05, 4.69) is 52.8 Å². The van der Waals surface area contributed by atoms with Crippen LogP contribution in [-0.2, 0) is 6.54 Å². The predicted octanol–water partition coefficient (Wildman–Crippen LogP) is 2.80. The van der Waals surface area contributed by atoms with Crippen molar-refractivity contribution >= 4 is 29.6 Å². The first-order valence-corrected chi connectivity index (χ1v) is 9.84. The fourth-order valence-electron chi connectivity index (χ4n) is 2.83. The van der Waals surface area contributed by atoms with Crippen molar-refractivity contribution in [3.63, 3.8) is 0 Å². The third-order valence-electron chi connectivity index (χ3n) is 4.30. The summed E-state index contributed by atoms with van der Waals surface area (Å²) in [7, 11) is 0. The maximum atomic E-state index is 5.95. The van der Waals surface area contributed by atoms with Gasteiger partial charge in [0.1, 0.15) is 6.54 Å². The van der Waals surface area contributed by atoms with Gasteiger partial charge in [-0.3, -0.25) is 5.01 Å². The molecule has 24 heavy (non-hydrogen) atoms. The first kappa shape index (κ1) is 17.3. The molecule has 0 radical (unpaired) electrons. The lowest BCUT2D eigenvalue weighted by Gasteiger charge is -2.30. The standard InChI is InChI=1S/C19H22ClN3S/c1-24-19-8-4-16(5-9-19)14-21-23-12-10-22(11-13-23)15-17-2-6-18(20)7-3-17/h2-9,14H,10-13,15H2,1H3/p+1/b21-14-. The Labute approximate surface area is 153 Å². The van der Waals surface area contributed by atoms with Crippen molar-refractivity contribution in [2.45, 2.75) is 11.4 Å². The van der Waals surface area contributed by atoms with Gasteiger partial charge < -0.3 is 4.90 Å². The van der Waals surface area contributed by atoms with E-state index in [9.17, 15) is 0 Å². The number of hydrogen-bond donors (Lipinski definition) is 1. The molecule has 0 saturated carbocycles. The van der Waals surface area contributed by atoms with Crippen molar-refractivity contribution in [3.8, 4) is 0 Å². The van der Waals surface area contributed by atoms with Crippen LogP contribution in [0.15, 0.2) is 58.5 Å². The summed E-state index contributed by atoms with van der Waals surface area (Å²) in [4.78, 5) is 2.89. The van der Waals surface area contributed by atoms with Crippen molar-refractivity contribution in [1.29, 1.82) is 0 Å². The van der Waals surface area contributed by atoms with Crippen molar-refractivity contribution in [3.05, 3.63) is 64.7 Å². The smallest absolute Gasteiger partial charge is 0.103 e. The summed E-state index contributed by atoms with van der Waals surface area (Å²) in [6.07, 6.45) is 4.06. The number of hydrazone groups is 1. The highest BCUT2D eigenvalue weighted by atomic mass is 35.5. The van der Waals surface area contributed by atoms with Crippen LogP contribution in [0.2, 0.25) is 5.02 Å². The third-order valence-corrected chi connectivity index (χ3v) is 5.30. The fourth-order valence-corrected chi connectivity index (χ4v) is 3.37. The summed E-state index contributed by atoms with van der Waals surface area (Å²) in [5.41, 5.74) is 2.50. The van der Waals surface area contributed by atoms with Gasteiger partial charge >= 0.3 is 0 Å². The summed E-state index contributed by atoms with van der Waals surface area (Å²) in [5.74, 6) is 0. The van der Waals surface area contributed by atoms with E-state index < -0.39 is 0 Å². The number of thioether (sulfide) groups is 1. The molecular formula is C19H23ClN3S+. The fraction of sp³-hybridized carbons (Fsp3) is 0.316. The number of rotatable bonds is 5. The molecule has 0 spiro atoms. The highest BCUT2D eigenvalue weighted by Gasteiger charge is 2.18. The minimum atomic E-state index is 0.804. The van der Waals surface area contributed by atoms with E-state index in [4.69, 9.17) is 11.6 Å². The second kappa shape index (κ2) is 8.56. The molecule has 2 aromatic carbocycles. The lowest BCUT2D eigenvalue weighted by atomic mass is 10.2. The van der Waals surface area contributed by atoms with E-state index in [1.807, 2.05) is 18.3 Å². The van der Waals surface area contributed by atoms with Crippen LogP contribution in [0.25, 0.3) is 0 Å². The maximum absolute atomic E-state index is 5.95. The zero-order valence-corrected chi connectivity index (χ0v) is 15.5. The maximum Gasteiger partial charge on any atom is 0.103 e. The summed E-state index contributed by atoms with van der Waals surface area (Å²) in [6, 6.07) is 16.7. The predicted molar refractivity (Wildman–Crippen MR) is 103 cm³/mol.